The molecule has 0 aliphatic heterocycles. The van der Waals surface area contributed by atoms with Gasteiger partial charge in [-0.3, -0.25) is 4.79 Å². The van der Waals surface area contributed by atoms with Crippen molar-refractivity contribution >= 4 is 11.7 Å². The minimum atomic E-state index is -4.71. The second-order valence-corrected chi connectivity index (χ2v) is 7.10. The average molecular weight is 393 g/mol. The highest BCUT2D eigenvalue weighted by molar-refractivity contribution is 5.91. The van der Waals surface area contributed by atoms with Crippen molar-refractivity contribution in [3.05, 3.63) is 41.9 Å². The van der Waals surface area contributed by atoms with E-state index in [9.17, 15) is 18.0 Å². The number of carbonyl (C=O) groups is 1. The zero-order valence-electron chi connectivity index (χ0n) is 15.6. The van der Waals surface area contributed by atoms with E-state index in [1.165, 1.54) is 7.11 Å². The summed E-state index contributed by atoms with van der Waals surface area (Å²) in [4.78, 5) is 20.3. The fraction of sp³-hybridized carbons (Fsp3) is 0.333. The minimum Gasteiger partial charge on any atom is -0.497 e. The Morgan fingerprint density at radius 3 is 2.29 bits per heavy atom. The lowest BCUT2D eigenvalue weighted by Gasteiger charge is -2.18. The number of benzene rings is 1. The van der Waals surface area contributed by atoms with E-state index in [2.05, 4.69) is 20.4 Å². The highest BCUT2D eigenvalue weighted by atomic mass is 19.4. The van der Waals surface area contributed by atoms with Crippen LogP contribution in [0.25, 0.3) is 17.0 Å². The summed E-state index contributed by atoms with van der Waals surface area (Å²) in [5.41, 5.74) is -1.18. The first-order valence-corrected chi connectivity index (χ1v) is 8.30. The molecule has 0 aliphatic rings. The van der Waals surface area contributed by atoms with E-state index in [1.54, 1.807) is 45.0 Å². The number of carbonyl (C=O) groups excluding carboxylic acids is 1. The van der Waals surface area contributed by atoms with Crippen molar-refractivity contribution in [1.82, 2.24) is 24.9 Å². The number of nitrogens with zero attached hydrogens (tertiary/aromatic N) is 4. The summed E-state index contributed by atoms with van der Waals surface area (Å²) in [5, 5.41) is 6.33. The molecule has 10 heteroatoms. The molecule has 0 fully saturated rings. The second-order valence-electron chi connectivity index (χ2n) is 7.10. The van der Waals surface area contributed by atoms with Gasteiger partial charge in [-0.25, -0.2) is 4.98 Å². The van der Waals surface area contributed by atoms with Gasteiger partial charge >= 0.3 is 6.18 Å². The summed E-state index contributed by atoms with van der Waals surface area (Å²) in [7, 11) is 1.49. The van der Waals surface area contributed by atoms with Gasteiger partial charge in [0.25, 0.3) is 11.7 Å². The van der Waals surface area contributed by atoms with E-state index in [4.69, 9.17) is 4.74 Å². The molecule has 148 valence electrons. The Labute approximate surface area is 158 Å². The Balaban J connectivity index is 2.13. The lowest BCUT2D eigenvalue weighted by Crippen LogP contribution is -2.41. The van der Waals surface area contributed by atoms with Crippen LogP contribution in [0.3, 0.4) is 0 Å². The van der Waals surface area contributed by atoms with Crippen molar-refractivity contribution in [3.8, 4) is 17.0 Å². The Bertz CT molecular complexity index is 1020. The van der Waals surface area contributed by atoms with Crippen LogP contribution in [-0.4, -0.2) is 38.1 Å². The fourth-order valence-corrected chi connectivity index (χ4v) is 2.47. The molecule has 0 unspecified atom stereocenters. The van der Waals surface area contributed by atoms with Crippen LogP contribution >= 0.6 is 0 Å². The van der Waals surface area contributed by atoms with Gasteiger partial charge in [-0.2, -0.15) is 22.7 Å². The molecule has 3 aromatic rings. The molecule has 0 atom stereocenters. The molecular weight excluding hydrogens is 375 g/mol. The van der Waals surface area contributed by atoms with Crippen molar-refractivity contribution in [2.24, 2.45) is 0 Å². The molecule has 2 aromatic heterocycles. The third kappa shape index (κ3) is 4.05. The molecule has 0 saturated carbocycles. The van der Waals surface area contributed by atoms with Crippen molar-refractivity contribution in [3.63, 3.8) is 0 Å². The maximum absolute atomic E-state index is 13.6. The lowest BCUT2D eigenvalue weighted by atomic mass is 10.1. The molecule has 28 heavy (non-hydrogen) atoms. The summed E-state index contributed by atoms with van der Waals surface area (Å²) >= 11 is 0. The monoisotopic (exact) mass is 393 g/mol. The summed E-state index contributed by atoms with van der Waals surface area (Å²) in [6, 6.07) is 7.26. The van der Waals surface area contributed by atoms with Crippen molar-refractivity contribution < 1.29 is 22.7 Å². The molecule has 0 radical (unpaired) electrons. The molecule has 1 aromatic carbocycles. The van der Waals surface area contributed by atoms with Crippen LogP contribution < -0.4 is 10.1 Å². The van der Waals surface area contributed by atoms with E-state index in [1.807, 2.05) is 0 Å². The number of halogens is 3. The quantitative estimate of drug-likeness (QED) is 0.738. The summed E-state index contributed by atoms with van der Waals surface area (Å²) in [6.07, 6.45) is -4.71. The standard InChI is InChI=1S/C18H18F3N5O2/c1-17(2,3)24-15(27)14-23-16-22-12(10-5-7-11(28-4)8-6-10)9-13(18(19,20)21)26(16)25-14/h5-9H,1-4H3,(H,24,27). The highest BCUT2D eigenvalue weighted by Gasteiger charge is 2.36. The Kier molecular flexibility index (Phi) is 4.74. The molecule has 0 saturated heterocycles. The number of amides is 1. The van der Waals surface area contributed by atoms with E-state index < -0.39 is 23.3 Å². The van der Waals surface area contributed by atoms with Gasteiger partial charge < -0.3 is 10.1 Å². The molecule has 1 amide bonds. The Morgan fingerprint density at radius 2 is 1.75 bits per heavy atom. The van der Waals surface area contributed by atoms with Crippen LogP contribution in [0.1, 0.15) is 37.1 Å². The number of nitrogens with one attached hydrogen (secondary N) is 1. The Hall–Kier alpha value is -3.17. The zero-order valence-corrected chi connectivity index (χ0v) is 15.6. The number of methoxy groups -OCH3 is 1. The maximum Gasteiger partial charge on any atom is 0.433 e. The molecule has 7 nitrogen and oxygen atoms in total. The predicted octanol–water partition coefficient (Wildman–Crippen LogP) is 3.35. The molecular formula is C18H18F3N5O2. The molecule has 0 bridgehead atoms. The SMILES string of the molecule is COc1ccc(-c2cc(C(F)(F)F)n3nc(C(=O)NC(C)(C)C)nc3n2)cc1. The Morgan fingerprint density at radius 1 is 1.11 bits per heavy atom. The second kappa shape index (κ2) is 6.77. The predicted molar refractivity (Wildman–Crippen MR) is 95.0 cm³/mol. The van der Waals surface area contributed by atoms with Gasteiger partial charge in [0, 0.05) is 11.1 Å². The van der Waals surface area contributed by atoms with Gasteiger partial charge in [-0.1, -0.05) is 0 Å². The number of hydrogen-bond acceptors (Lipinski definition) is 5. The normalized spacial score (nSPS) is 12.2. The smallest absolute Gasteiger partial charge is 0.433 e. The van der Waals surface area contributed by atoms with Gasteiger partial charge in [-0.15, -0.1) is 5.10 Å². The average Bonchev–Trinajstić information content (AvgIpc) is 3.03. The van der Waals surface area contributed by atoms with Gasteiger partial charge in [0.15, 0.2) is 5.69 Å². The van der Waals surface area contributed by atoms with Crippen molar-refractivity contribution in [1.29, 1.82) is 0 Å². The molecule has 2 heterocycles. The molecule has 0 spiro atoms. The van der Waals surface area contributed by atoms with E-state index in [0.717, 1.165) is 6.07 Å². The van der Waals surface area contributed by atoms with Gasteiger partial charge in [0.05, 0.1) is 12.8 Å². The topological polar surface area (TPSA) is 81.4 Å². The summed E-state index contributed by atoms with van der Waals surface area (Å²) in [6.45, 7) is 5.21. The summed E-state index contributed by atoms with van der Waals surface area (Å²) in [5.74, 6) is -0.832. The number of fused-ring (bicyclic) bond motifs is 1. The van der Waals surface area contributed by atoms with Crippen LogP contribution in [0.15, 0.2) is 30.3 Å². The van der Waals surface area contributed by atoms with Crippen molar-refractivity contribution in [2.75, 3.05) is 7.11 Å². The molecule has 0 aliphatic carbocycles. The fourth-order valence-electron chi connectivity index (χ4n) is 2.47. The minimum absolute atomic E-state index is 0.0534. The van der Waals surface area contributed by atoms with Crippen LogP contribution in [0.4, 0.5) is 13.2 Å². The van der Waals surface area contributed by atoms with E-state index in [0.29, 0.717) is 15.8 Å². The number of rotatable bonds is 3. The largest absolute Gasteiger partial charge is 0.497 e. The van der Waals surface area contributed by atoms with Crippen molar-refractivity contribution in [2.45, 2.75) is 32.5 Å². The van der Waals surface area contributed by atoms with Crippen LogP contribution in [-0.2, 0) is 6.18 Å². The zero-order chi connectivity index (χ0) is 20.7. The summed E-state index contributed by atoms with van der Waals surface area (Å²) < 4.78 is 46.3. The first-order valence-electron chi connectivity index (χ1n) is 8.30. The van der Waals surface area contributed by atoms with E-state index in [-0.39, 0.29) is 17.3 Å². The highest BCUT2D eigenvalue weighted by Crippen LogP contribution is 2.32. The number of ether oxygens (including phenoxy) is 1. The molecule has 3 rings (SSSR count). The first kappa shape index (κ1) is 19.6. The third-order valence-corrected chi connectivity index (χ3v) is 3.68. The first-order chi connectivity index (χ1) is 13.0. The van der Waals surface area contributed by atoms with E-state index >= 15 is 0 Å². The third-order valence-electron chi connectivity index (χ3n) is 3.68. The van der Waals surface area contributed by atoms with Crippen LogP contribution in [0.5, 0.6) is 5.75 Å². The van der Waals surface area contributed by atoms with Crippen LogP contribution in [0, 0.1) is 0 Å². The number of aromatic nitrogens is 4. The van der Waals surface area contributed by atoms with Gasteiger partial charge in [0.2, 0.25) is 5.82 Å². The number of alkyl halides is 3. The van der Waals surface area contributed by atoms with Gasteiger partial charge in [0.1, 0.15) is 5.75 Å². The maximum atomic E-state index is 13.6. The molecule has 1 N–H and O–H groups in total. The lowest BCUT2D eigenvalue weighted by molar-refractivity contribution is -0.142. The number of hydrogen-bond donors (Lipinski definition) is 1. The van der Waals surface area contributed by atoms with Gasteiger partial charge in [-0.05, 0) is 51.1 Å². The van der Waals surface area contributed by atoms with Crippen LogP contribution in [0.2, 0.25) is 0 Å².